The second kappa shape index (κ2) is 4.79. The first-order chi connectivity index (χ1) is 8.37. The van der Waals surface area contributed by atoms with Crippen molar-refractivity contribution >= 4 is 37.3 Å². The molecule has 0 bridgehead atoms. The SMILES string of the molecule is C[C@@H](OS(C)(=O)=O)C(=O)c1cc2ccccc2s1. The van der Waals surface area contributed by atoms with Gasteiger partial charge in [-0.15, -0.1) is 11.3 Å². The molecule has 0 saturated heterocycles. The number of thiophene rings is 1. The van der Waals surface area contributed by atoms with Crippen molar-refractivity contribution in [3.05, 3.63) is 35.2 Å². The quantitative estimate of drug-likeness (QED) is 0.639. The summed E-state index contributed by atoms with van der Waals surface area (Å²) in [5.74, 6) is -0.318. The fraction of sp³-hybridized carbons (Fsp3) is 0.250. The van der Waals surface area contributed by atoms with E-state index in [1.165, 1.54) is 18.3 Å². The zero-order valence-electron chi connectivity index (χ0n) is 9.91. The van der Waals surface area contributed by atoms with E-state index in [0.29, 0.717) is 4.88 Å². The number of fused-ring (bicyclic) bond motifs is 1. The minimum absolute atomic E-state index is 0.318. The molecule has 0 aliphatic carbocycles. The van der Waals surface area contributed by atoms with Crippen LogP contribution in [0.25, 0.3) is 10.1 Å². The Morgan fingerprint density at radius 1 is 1.33 bits per heavy atom. The van der Waals surface area contributed by atoms with Crippen LogP contribution < -0.4 is 0 Å². The van der Waals surface area contributed by atoms with Crippen molar-refractivity contribution in [2.45, 2.75) is 13.0 Å². The lowest BCUT2D eigenvalue weighted by molar-refractivity contribution is 0.0831. The highest BCUT2D eigenvalue weighted by molar-refractivity contribution is 7.86. The number of carbonyl (C=O) groups excluding carboxylic acids is 1. The first kappa shape index (κ1) is 13.2. The summed E-state index contributed by atoms with van der Waals surface area (Å²) < 4.78 is 27.6. The molecule has 0 radical (unpaired) electrons. The summed E-state index contributed by atoms with van der Waals surface area (Å²) in [7, 11) is -3.62. The monoisotopic (exact) mass is 284 g/mol. The predicted molar refractivity (Wildman–Crippen MR) is 71.5 cm³/mol. The third kappa shape index (κ3) is 2.95. The van der Waals surface area contributed by atoms with Crippen LogP contribution in [0.4, 0.5) is 0 Å². The van der Waals surface area contributed by atoms with Gasteiger partial charge in [0, 0.05) is 4.70 Å². The van der Waals surface area contributed by atoms with Gasteiger partial charge < -0.3 is 0 Å². The van der Waals surface area contributed by atoms with Gasteiger partial charge in [0.1, 0.15) is 6.10 Å². The first-order valence-electron chi connectivity index (χ1n) is 5.28. The molecule has 0 aliphatic heterocycles. The van der Waals surface area contributed by atoms with Crippen LogP contribution in [0.2, 0.25) is 0 Å². The van der Waals surface area contributed by atoms with E-state index in [4.69, 9.17) is 0 Å². The normalized spacial score (nSPS) is 13.7. The van der Waals surface area contributed by atoms with E-state index in [-0.39, 0.29) is 5.78 Å². The molecule has 0 unspecified atom stereocenters. The van der Waals surface area contributed by atoms with Crippen molar-refractivity contribution in [1.29, 1.82) is 0 Å². The van der Waals surface area contributed by atoms with Crippen molar-refractivity contribution in [3.8, 4) is 0 Å². The lowest BCUT2D eigenvalue weighted by Crippen LogP contribution is -2.23. The molecule has 1 aromatic heterocycles. The molecule has 0 fully saturated rings. The van der Waals surface area contributed by atoms with Gasteiger partial charge in [-0.3, -0.25) is 8.98 Å². The Morgan fingerprint density at radius 3 is 2.61 bits per heavy atom. The molecular weight excluding hydrogens is 272 g/mol. The Kier molecular flexibility index (Phi) is 3.52. The van der Waals surface area contributed by atoms with Crippen LogP contribution >= 0.6 is 11.3 Å². The fourth-order valence-electron chi connectivity index (χ4n) is 1.61. The van der Waals surface area contributed by atoms with E-state index in [1.807, 2.05) is 24.3 Å². The highest BCUT2D eigenvalue weighted by Gasteiger charge is 2.21. The standard InChI is InChI=1S/C12H12O4S2/c1-8(16-18(2,14)15)12(13)11-7-9-5-3-4-6-10(9)17-11/h3-8H,1-2H3/t8-/m1/s1. The molecule has 0 amide bonds. The van der Waals surface area contributed by atoms with Gasteiger partial charge in [0.05, 0.1) is 11.1 Å². The molecule has 4 nitrogen and oxygen atoms in total. The van der Waals surface area contributed by atoms with Gasteiger partial charge in [-0.1, -0.05) is 18.2 Å². The first-order valence-corrected chi connectivity index (χ1v) is 7.91. The van der Waals surface area contributed by atoms with Gasteiger partial charge in [-0.2, -0.15) is 8.42 Å². The third-order valence-electron chi connectivity index (χ3n) is 2.36. The zero-order chi connectivity index (χ0) is 13.3. The number of benzene rings is 1. The Hall–Kier alpha value is -1.24. The summed E-state index contributed by atoms with van der Waals surface area (Å²) in [6.07, 6.45) is -0.0603. The van der Waals surface area contributed by atoms with Crippen molar-refractivity contribution in [2.75, 3.05) is 6.26 Å². The molecule has 18 heavy (non-hydrogen) atoms. The van der Waals surface area contributed by atoms with Crippen LogP contribution in [-0.4, -0.2) is 26.6 Å². The Labute approximate surface area is 109 Å². The molecule has 0 N–H and O–H groups in total. The molecule has 1 atom stereocenters. The maximum absolute atomic E-state index is 12.0. The van der Waals surface area contributed by atoms with Crippen LogP contribution in [0, 0.1) is 0 Å². The molecule has 1 aromatic carbocycles. The number of hydrogen-bond donors (Lipinski definition) is 0. The molecule has 6 heteroatoms. The predicted octanol–water partition coefficient (Wildman–Crippen LogP) is 2.45. The summed E-state index contributed by atoms with van der Waals surface area (Å²) in [5, 5.41) is 0.970. The van der Waals surface area contributed by atoms with Crippen molar-refractivity contribution in [1.82, 2.24) is 0 Å². The third-order valence-corrected chi connectivity index (χ3v) is 4.13. The summed E-state index contributed by atoms with van der Waals surface area (Å²) in [6.45, 7) is 1.44. The van der Waals surface area contributed by atoms with Gasteiger partial charge in [0.25, 0.3) is 10.1 Å². The molecule has 0 saturated carbocycles. The molecule has 0 aliphatic rings. The Morgan fingerprint density at radius 2 is 2.00 bits per heavy atom. The van der Waals surface area contributed by atoms with Crippen LogP contribution in [-0.2, 0) is 14.3 Å². The van der Waals surface area contributed by atoms with Crippen LogP contribution in [0.1, 0.15) is 16.6 Å². The molecule has 96 valence electrons. The van der Waals surface area contributed by atoms with E-state index < -0.39 is 16.2 Å². The molecule has 2 aromatic rings. The van der Waals surface area contributed by atoms with Crippen molar-refractivity contribution in [2.24, 2.45) is 0 Å². The summed E-state index contributed by atoms with van der Waals surface area (Å²) in [6, 6.07) is 9.36. The number of hydrogen-bond acceptors (Lipinski definition) is 5. The average Bonchev–Trinajstić information content (AvgIpc) is 2.68. The topological polar surface area (TPSA) is 60.4 Å². The highest BCUT2D eigenvalue weighted by Crippen LogP contribution is 2.26. The van der Waals surface area contributed by atoms with Crippen LogP contribution in [0.3, 0.4) is 0 Å². The van der Waals surface area contributed by atoms with E-state index in [2.05, 4.69) is 4.18 Å². The second-order valence-electron chi connectivity index (χ2n) is 3.96. The Bertz CT molecular complexity index is 652. The maximum atomic E-state index is 12.0. The van der Waals surface area contributed by atoms with Crippen LogP contribution in [0.5, 0.6) is 0 Å². The average molecular weight is 284 g/mol. The highest BCUT2D eigenvalue weighted by atomic mass is 32.2. The second-order valence-corrected chi connectivity index (χ2v) is 6.64. The van der Waals surface area contributed by atoms with E-state index in [1.54, 1.807) is 6.07 Å². The van der Waals surface area contributed by atoms with E-state index >= 15 is 0 Å². The summed E-state index contributed by atoms with van der Waals surface area (Å²) in [5.41, 5.74) is 0. The van der Waals surface area contributed by atoms with Gasteiger partial charge >= 0.3 is 0 Å². The summed E-state index contributed by atoms with van der Waals surface area (Å²) in [4.78, 5) is 12.5. The van der Waals surface area contributed by atoms with Gasteiger partial charge in [0.15, 0.2) is 0 Å². The molecule has 2 rings (SSSR count). The number of rotatable bonds is 4. The fourth-order valence-corrected chi connectivity index (χ4v) is 3.30. The van der Waals surface area contributed by atoms with Gasteiger partial charge in [0.2, 0.25) is 5.78 Å². The zero-order valence-corrected chi connectivity index (χ0v) is 11.5. The van der Waals surface area contributed by atoms with E-state index in [0.717, 1.165) is 16.3 Å². The number of Topliss-reactive ketones (excluding diaryl/α,β-unsaturated/α-hetero) is 1. The minimum Gasteiger partial charge on any atom is -0.290 e. The smallest absolute Gasteiger partial charge is 0.265 e. The largest absolute Gasteiger partial charge is 0.290 e. The maximum Gasteiger partial charge on any atom is 0.265 e. The van der Waals surface area contributed by atoms with Crippen molar-refractivity contribution in [3.63, 3.8) is 0 Å². The van der Waals surface area contributed by atoms with Gasteiger partial charge in [-0.25, -0.2) is 0 Å². The lowest BCUT2D eigenvalue weighted by Gasteiger charge is -2.07. The molecular formula is C12H12O4S2. The van der Waals surface area contributed by atoms with Gasteiger partial charge in [-0.05, 0) is 24.4 Å². The van der Waals surface area contributed by atoms with Crippen molar-refractivity contribution < 1.29 is 17.4 Å². The van der Waals surface area contributed by atoms with E-state index in [9.17, 15) is 13.2 Å². The molecule has 0 spiro atoms. The number of carbonyl (C=O) groups is 1. The molecule has 1 heterocycles. The minimum atomic E-state index is -3.62. The van der Waals surface area contributed by atoms with Crippen LogP contribution in [0.15, 0.2) is 30.3 Å². The number of ketones is 1. The lowest BCUT2D eigenvalue weighted by atomic mass is 10.2. The summed E-state index contributed by atoms with van der Waals surface area (Å²) >= 11 is 1.34. The Balaban J connectivity index is 2.28.